The maximum absolute atomic E-state index is 12.6. The number of ether oxygens (including phenoxy) is 1. The van der Waals surface area contributed by atoms with Crippen LogP contribution in [-0.4, -0.2) is 14.4 Å². The fraction of sp³-hybridized carbons (Fsp3) is 0. The van der Waals surface area contributed by atoms with E-state index in [-0.39, 0.29) is 9.80 Å². The molecule has 0 spiro atoms. The van der Waals surface area contributed by atoms with Crippen molar-refractivity contribution in [3.63, 3.8) is 0 Å². The molecule has 3 aromatic carbocycles. The quantitative estimate of drug-likeness (QED) is 0.370. The van der Waals surface area contributed by atoms with Crippen LogP contribution in [0.3, 0.4) is 0 Å². The van der Waals surface area contributed by atoms with Crippen LogP contribution in [0.15, 0.2) is 94.7 Å². The number of nitriles is 1. The van der Waals surface area contributed by atoms with Crippen molar-refractivity contribution < 1.29 is 17.9 Å². The Labute approximate surface area is 163 Å². The summed E-state index contributed by atoms with van der Waals surface area (Å²) in [6.07, 6.45) is 1.28. The van der Waals surface area contributed by atoms with Crippen molar-refractivity contribution >= 4 is 21.9 Å². The highest BCUT2D eigenvalue weighted by atomic mass is 32.2. The number of carbonyl (C=O) groups excluding carboxylic acids is 1. The Balaban J connectivity index is 1.81. The van der Waals surface area contributed by atoms with E-state index < -0.39 is 15.8 Å². The van der Waals surface area contributed by atoms with Crippen LogP contribution >= 0.6 is 0 Å². The molecular weight excluding hydrogens is 374 g/mol. The third kappa shape index (κ3) is 4.34. The molecule has 0 amide bonds. The highest BCUT2D eigenvalue weighted by Gasteiger charge is 2.20. The Bertz CT molecular complexity index is 1140. The summed E-state index contributed by atoms with van der Waals surface area (Å²) in [5.41, 5.74) is 0.919. The lowest BCUT2D eigenvalue weighted by Gasteiger charge is -2.05. The van der Waals surface area contributed by atoms with Gasteiger partial charge >= 0.3 is 5.97 Å². The minimum absolute atomic E-state index is 0.0520. The largest absolute Gasteiger partial charge is 0.423 e. The van der Waals surface area contributed by atoms with Crippen LogP contribution in [0.25, 0.3) is 6.08 Å². The van der Waals surface area contributed by atoms with E-state index in [0.29, 0.717) is 16.9 Å². The van der Waals surface area contributed by atoms with E-state index in [0.717, 1.165) is 0 Å². The SMILES string of the molecule is N#CC(=Cc1ccc(OC(=O)c2ccccc2)cc1)S(=O)(=O)c1ccccc1. The van der Waals surface area contributed by atoms with Crippen molar-refractivity contribution in [3.8, 4) is 11.8 Å². The third-order valence-corrected chi connectivity index (χ3v) is 5.53. The minimum Gasteiger partial charge on any atom is -0.423 e. The van der Waals surface area contributed by atoms with Gasteiger partial charge in [0.05, 0.1) is 10.5 Å². The molecule has 0 fully saturated rings. The maximum atomic E-state index is 12.6. The first-order valence-corrected chi connectivity index (χ1v) is 9.78. The summed E-state index contributed by atoms with van der Waals surface area (Å²) in [5.74, 6) is -0.177. The predicted octanol–water partition coefficient (Wildman–Crippen LogP) is 4.24. The lowest BCUT2D eigenvalue weighted by atomic mass is 10.2. The van der Waals surface area contributed by atoms with E-state index in [9.17, 15) is 18.5 Å². The number of hydrogen-bond acceptors (Lipinski definition) is 5. The molecular formula is C22H15NO4S. The molecule has 3 rings (SSSR count). The topological polar surface area (TPSA) is 84.2 Å². The van der Waals surface area contributed by atoms with Gasteiger partial charge in [0.2, 0.25) is 9.84 Å². The smallest absolute Gasteiger partial charge is 0.343 e. The van der Waals surface area contributed by atoms with Crippen LogP contribution in [0.5, 0.6) is 5.75 Å². The number of nitrogens with zero attached hydrogens (tertiary/aromatic N) is 1. The molecule has 0 aliphatic carbocycles. The zero-order valence-corrected chi connectivity index (χ0v) is 15.5. The summed E-state index contributed by atoms with van der Waals surface area (Å²) in [5, 5.41) is 9.32. The monoisotopic (exact) mass is 389 g/mol. The molecule has 0 bridgehead atoms. The van der Waals surface area contributed by atoms with Gasteiger partial charge in [-0.05, 0) is 48.0 Å². The molecule has 0 heterocycles. The van der Waals surface area contributed by atoms with Crippen LogP contribution in [-0.2, 0) is 9.84 Å². The average molecular weight is 389 g/mol. The molecule has 0 aliphatic rings. The minimum atomic E-state index is -3.90. The summed E-state index contributed by atoms with van der Waals surface area (Å²) in [7, 11) is -3.90. The van der Waals surface area contributed by atoms with Crippen molar-refractivity contribution in [2.75, 3.05) is 0 Å². The molecule has 0 aliphatic heterocycles. The molecule has 0 saturated carbocycles. The molecule has 0 radical (unpaired) electrons. The van der Waals surface area contributed by atoms with Crippen LogP contribution in [0, 0.1) is 11.3 Å². The molecule has 6 heteroatoms. The lowest BCUT2D eigenvalue weighted by molar-refractivity contribution is 0.0734. The Morgan fingerprint density at radius 3 is 2.00 bits per heavy atom. The summed E-state index contributed by atoms with van der Waals surface area (Å²) in [6.45, 7) is 0. The first-order valence-electron chi connectivity index (χ1n) is 8.30. The molecule has 3 aromatic rings. The van der Waals surface area contributed by atoms with E-state index in [1.807, 2.05) is 0 Å². The molecule has 0 saturated heterocycles. The highest BCUT2D eigenvalue weighted by molar-refractivity contribution is 7.95. The summed E-state index contributed by atoms with van der Waals surface area (Å²) >= 11 is 0. The van der Waals surface area contributed by atoms with Gasteiger partial charge in [-0.3, -0.25) is 0 Å². The van der Waals surface area contributed by atoms with E-state index in [1.54, 1.807) is 66.7 Å². The van der Waals surface area contributed by atoms with E-state index in [1.165, 1.54) is 30.3 Å². The summed E-state index contributed by atoms with van der Waals surface area (Å²) in [6, 6.07) is 24.3. The number of esters is 1. The highest BCUT2D eigenvalue weighted by Crippen LogP contribution is 2.22. The Hall–Kier alpha value is -3.69. The maximum Gasteiger partial charge on any atom is 0.343 e. The molecule has 5 nitrogen and oxygen atoms in total. The zero-order chi connectivity index (χ0) is 20.0. The molecule has 0 N–H and O–H groups in total. The van der Waals surface area contributed by atoms with E-state index in [2.05, 4.69) is 0 Å². The second kappa shape index (κ2) is 8.33. The second-order valence-electron chi connectivity index (χ2n) is 5.76. The van der Waals surface area contributed by atoms with Gasteiger partial charge in [0, 0.05) is 0 Å². The van der Waals surface area contributed by atoms with Crippen molar-refractivity contribution in [1.29, 1.82) is 5.26 Å². The molecule has 28 heavy (non-hydrogen) atoms. The second-order valence-corrected chi connectivity index (χ2v) is 7.68. The van der Waals surface area contributed by atoms with Crippen LogP contribution in [0.2, 0.25) is 0 Å². The van der Waals surface area contributed by atoms with Gasteiger partial charge in [0.15, 0.2) is 0 Å². The molecule has 138 valence electrons. The standard InChI is InChI=1S/C22H15NO4S/c23-16-21(28(25,26)20-9-5-2-6-10-20)15-17-11-13-19(14-12-17)27-22(24)18-7-3-1-4-8-18/h1-15H. The van der Waals surface area contributed by atoms with Gasteiger partial charge in [-0.2, -0.15) is 5.26 Å². The first kappa shape index (κ1) is 19.1. The van der Waals surface area contributed by atoms with E-state index >= 15 is 0 Å². The third-order valence-electron chi connectivity index (χ3n) is 3.85. The number of rotatable bonds is 5. The summed E-state index contributed by atoms with van der Waals surface area (Å²) in [4.78, 5) is 11.7. The Morgan fingerprint density at radius 2 is 1.43 bits per heavy atom. The molecule has 0 aromatic heterocycles. The lowest BCUT2D eigenvalue weighted by Crippen LogP contribution is -2.08. The van der Waals surface area contributed by atoms with Gasteiger partial charge in [-0.25, -0.2) is 13.2 Å². The van der Waals surface area contributed by atoms with Gasteiger partial charge in [0.1, 0.15) is 16.7 Å². The van der Waals surface area contributed by atoms with Crippen LogP contribution < -0.4 is 4.74 Å². The van der Waals surface area contributed by atoms with Crippen LogP contribution in [0.1, 0.15) is 15.9 Å². The van der Waals surface area contributed by atoms with E-state index in [4.69, 9.17) is 4.74 Å². The summed E-state index contributed by atoms with van der Waals surface area (Å²) < 4.78 is 30.4. The number of allylic oxidation sites excluding steroid dienone is 1. The average Bonchev–Trinajstić information content (AvgIpc) is 2.74. The Kier molecular flexibility index (Phi) is 5.68. The number of sulfone groups is 1. The number of benzene rings is 3. The fourth-order valence-electron chi connectivity index (χ4n) is 2.42. The molecule has 0 atom stereocenters. The van der Waals surface area contributed by atoms with Gasteiger partial charge < -0.3 is 4.74 Å². The van der Waals surface area contributed by atoms with Gasteiger partial charge in [0.25, 0.3) is 0 Å². The zero-order valence-electron chi connectivity index (χ0n) is 14.6. The van der Waals surface area contributed by atoms with Crippen molar-refractivity contribution in [2.24, 2.45) is 0 Å². The predicted molar refractivity (Wildman–Crippen MR) is 105 cm³/mol. The molecule has 0 unspecified atom stereocenters. The fourth-order valence-corrected chi connectivity index (χ4v) is 3.60. The first-order chi connectivity index (χ1) is 13.5. The van der Waals surface area contributed by atoms with Crippen molar-refractivity contribution in [2.45, 2.75) is 4.90 Å². The number of carbonyl (C=O) groups is 1. The van der Waals surface area contributed by atoms with Crippen LogP contribution in [0.4, 0.5) is 0 Å². The van der Waals surface area contributed by atoms with Gasteiger partial charge in [-0.1, -0.05) is 48.5 Å². The normalized spacial score (nSPS) is 11.5. The van der Waals surface area contributed by atoms with Gasteiger partial charge in [-0.15, -0.1) is 0 Å². The number of hydrogen-bond donors (Lipinski definition) is 0. The van der Waals surface area contributed by atoms with Crippen molar-refractivity contribution in [1.82, 2.24) is 0 Å². The van der Waals surface area contributed by atoms with Crippen molar-refractivity contribution in [3.05, 3.63) is 101 Å². The Morgan fingerprint density at radius 1 is 0.857 bits per heavy atom.